The maximum absolute atomic E-state index is 10.5. The van der Waals surface area contributed by atoms with E-state index < -0.39 is 5.60 Å². The first-order valence-electron chi connectivity index (χ1n) is 5.58. The quantitative estimate of drug-likeness (QED) is 0.792. The molecule has 2 fully saturated rings. The number of hydrogen-bond donors (Lipinski definition) is 1. The van der Waals surface area contributed by atoms with Crippen molar-refractivity contribution in [3.63, 3.8) is 0 Å². The van der Waals surface area contributed by atoms with Crippen LogP contribution in [0, 0.1) is 11.8 Å². The molecule has 2 aliphatic carbocycles. The molecule has 2 unspecified atom stereocenters. The maximum Gasteiger partial charge on any atom is 0.105 e. The van der Waals surface area contributed by atoms with Gasteiger partial charge in [0.1, 0.15) is 5.60 Å². The molecule has 0 aromatic carbocycles. The Bertz CT molecular complexity index is 345. The van der Waals surface area contributed by atoms with E-state index in [-0.39, 0.29) is 0 Å². The molecule has 76 valence electrons. The highest BCUT2D eigenvalue weighted by Gasteiger charge is 2.66. The molecule has 0 spiro atoms. The molecular formula is C12H16OS. The average molecular weight is 208 g/mol. The fraction of sp³-hybridized carbons (Fsp3) is 0.667. The Morgan fingerprint density at radius 3 is 2.71 bits per heavy atom. The molecule has 0 amide bonds. The zero-order valence-electron chi connectivity index (χ0n) is 8.49. The second-order valence-electron chi connectivity index (χ2n) is 4.59. The summed E-state index contributed by atoms with van der Waals surface area (Å²) in [5.74, 6) is 1.18. The predicted octanol–water partition coefficient (Wildman–Crippen LogP) is 2.93. The minimum Gasteiger partial charge on any atom is -0.384 e. The second kappa shape index (κ2) is 2.83. The van der Waals surface area contributed by atoms with Crippen LogP contribution in [0.15, 0.2) is 12.1 Å². The summed E-state index contributed by atoms with van der Waals surface area (Å²) in [7, 11) is 0. The van der Waals surface area contributed by atoms with Crippen LogP contribution < -0.4 is 0 Å². The second-order valence-corrected chi connectivity index (χ2v) is 5.76. The van der Waals surface area contributed by atoms with E-state index >= 15 is 0 Å². The van der Waals surface area contributed by atoms with E-state index in [1.165, 1.54) is 29.0 Å². The molecule has 0 bridgehead atoms. The number of rotatable bonds is 2. The van der Waals surface area contributed by atoms with Crippen LogP contribution in [0.5, 0.6) is 0 Å². The van der Waals surface area contributed by atoms with Crippen molar-refractivity contribution in [3.05, 3.63) is 21.9 Å². The summed E-state index contributed by atoms with van der Waals surface area (Å²) in [6.07, 6.45) is 4.89. The third kappa shape index (κ3) is 0.986. The van der Waals surface area contributed by atoms with E-state index in [9.17, 15) is 5.11 Å². The van der Waals surface area contributed by atoms with Crippen molar-refractivity contribution < 1.29 is 5.11 Å². The highest BCUT2D eigenvalue weighted by atomic mass is 32.1. The molecule has 2 heteroatoms. The lowest BCUT2D eigenvalue weighted by molar-refractivity contribution is 0.109. The number of hydrogen-bond acceptors (Lipinski definition) is 2. The Kier molecular flexibility index (Phi) is 1.80. The predicted molar refractivity (Wildman–Crippen MR) is 58.4 cm³/mol. The lowest BCUT2D eigenvalue weighted by atomic mass is 10.1. The number of aryl methyl sites for hydroxylation is 1. The monoisotopic (exact) mass is 208 g/mol. The zero-order chi connectivity index (χ0) is 9.76. The fourth-order valence-electron chi connectivity index (χ4n) is 3.07. The van der Waals surface area contributed by atoms with Gasteiger partial charge in [-0.3, -0.25) is 0 Å². The lowest BCUT2D eigenvalue weighted by Gasteiger charge is -2.11. The normalized spacial score (nSPS) is 39.9. The van der Waals surface area contributed by atoms with E-state index in [0.717, 1.165) is 6.42 Å². The Labute approximate surface area is 88.8 Å². The summed E-state index contributed by atoms with van der Waals surface area (Å²) in [5, 5.41) is 10.5. The van der Waals surface area contributed by atoms with Gasteiger partial charge in [-0.25, -0.2) is 0 Å². The summed E-state index contributed by atoms with van der Waals surface area (Å²) >= 11 is 1.81. The van der Waals surface area contributed by atoms with Gasteiger partial charge in [0.05, 0.1) is 0 Å². The van der Waals surface area contributed by atoms with Crippen LogP contribution in [-0.2, 0) is 12.0 Å². The van der Waals surface area contributed by atoms with Crippen LogP contribution in [0.25, 0.3) is 0 Å². The molecule has 2 atom stereocenters. The van der Waals surface area contributed by atoms with Crippen LogP contribution in [-0.4, -0.2) is 5.11 Å². The van der Waals surface area contributed by atoms with Crippen molar-refractivity contribution in [3.8, 4) is 0 Å². The van der Waals surface area contributed by atoms with Crippen molar-refractivity contribution in [2.75, 3.05) is 0 Å². The van der Waals surface area contributed by atoms with E-state index in [4.69, 9.17) is 0 Å². The largest absolute Gasteiger partial charge is 0.384 e. The smallest absolute Gasteiger partial charge is 0.105 e. The van der Waals surface area contributed by atoms with Gasteiger partial charge in [0, 0.05) is 9.75 Å². The van der Waals surface area contributed by atoms with Crippen LogP contribution >= 0.6 is 11.3 Å². The van der Waals surface area contributed by atoms with Gasteiger partial charge in [0.25, 0.3) is 0 Å². The third-order valence-electron chi connectivity index (χ3n) is 3.94. The molecule has 0 saturated heterocycles. The summed E-state index contributed by atoms with van der Waals surface area (Å²) < 4.78 is 0. The van der Waals surface area contributed by atoms with Gasteiger partial charge in [-0.2, -0.15) is 0 Å². The van der Waals surface area contributed by atoms with E-state index in [0.29, 0.717) is 11.8 Å². The van der Waals surface area contributed by atoms with Crippen molar-refractivity contribution in [1.82, 2.24) is 0 Å². The average Bonchev–Trinajstić information content (AvgIpc) is 2.77. The Morgan fingerprint density at radius 1 is 1.43 bits per heavy atom. The van der Waals surface area contributed by atoms with E-state index in [1.807, 2.05) is 11.3 Å². The summed E-state index contributed by atoms with van der Waals surface area (Å²) in [5.41, 5.74) is -0.406. The van der Waals surface area contributed by atoms with Gasteiger partial charge in [0.2, 0.25) is 0 Å². The molecule has 2 saturated carbocycles. The topological polar surface area (TPSA) is 20.2 Å². The molecule has 0 radical (unpaired) electrons. The first-order valence-corrected chi connectivity index (χ1v) is 6.40. The van der Waals surface area contributed by atoms with Gasteiger partial charge >= 0.3 is 0 Å². The van der Waals surface area contributed by atoms with Crippen molar-refractivity contribution >= 4 is 11.3 Å². The molecule has 1 N–H and O–H groups in total. The third-order valence-corrected chi connectivity index (χ3v) is 5.31. The SMILES string of the molecule is CCc1ccc(C2(O)C3CCCC32)s1. The number of thiophene rings is 1. The molecule has 1 nitrogen and oxygen atoms in total. The first-order chi connectivity index (χ1) is 6.76. The minimum absolute atomic E-state index is 0.406. The molecular weight excluding hydrogens is 192 g/mol. The lowest BCUT2D eigenvalue weighted by Crippen LogP contribution is -2.10. The van der Waals surface area contributed by atoms with Gasteiger partial charge in [0.15, 0.2) is 0 Å². The highest BCUT2D eigenvalue weighted by molar-refractivity contribution is 7.12. The Hall–Kier alpha value is -0.340. The van der Waals surface area contributed by atoms with Gasteiger partial charge in [-0.15, -0.1) is 11.3 Å². The van der Waals surface area contributed by atoms with Crippen LogP contribution in [0.4, 0.5) is 0 Å². The number of aliphatic hydroxyl groups is 1. The van der Waals surface area contributed by atoms with Crippen LogP contribution in [0.2, 0.25) is 0 Å². The molecule has 2 aliphatic rings. The summed E-state index contributed by atoms with van der Waals surface area (Å²) in [6, 6.07) is 4.31. The summed E-state index contributed by atoms with van der Waals surface area (Å²) in [6.45, 7) is 2.17. The molecule has 1 aromatic rings. The van der Waals surface area contributed by atoms with Gasteiger partial charge in [-0.05, 0) is 43.2 Å². The standard InChI is InChI=1S/C12H16OS/c1-2-8-6-7-11(14-8)12(13)9-4-3-5-10(9)12/h6-7,9-10,13H,2-5H2,1H3. The van der Waals surface area contributed by atoms with Crippen molar-refractivity contribution in [1.29, 1.82) is 0 Å². The van der Waals surface area contributed by atoms with Crippen LogP contribution in [0.3, 0.4) is 0 Å². The highest BCUT2D eigenvalue weighted by Crippen LogP contribution is 2.67. The molecule has 14 heavy (non-hydrogen) atoms. The zero-order valence-corrected chi connectivity index (χ0v) is 9.31. The minimum atomic E-state index is -0.406. The fourth-order valence-corrected chi connectivity index (χ4v) is 4.24. The first kappa shape index (κ1) is 8.93. The summed E-state index contributed by atoms with van der Waals surface area (Å²) in [4.78, 5) is 2.63. The number of fused-ring (bicyclic) bond motifs is 1. The Morgan fingerprint density at radius 2 is 2.14 bits per heavy atom. The van der Waals surface area contributed by atoms with Crippen molar-refractivity contribution in [2.24, 2.45) is 11.8 Å². The Balaban J connectivity index is 1.89. The molecule has 1 aromatic heterocycles. The van der Waals surface area contributed by atoms with E-state index in [1.54, 1.807) is 0 Å². The van der Waals surface area contributed by atoms with Gasteiger partial charge < -0.3 is 5.11 Å². The molecule has 0 aliphatic heterocycles. The molecule has 3 rings (SSSR count). The maximum atomic E-state index is 10.5. The van der Waals surface area contributed by atoms with Crippen molar-refractivity contribution in [2.45, 2.75) is 38.2 Å². The molecule has 1 heterocycles. The van der Waals surface area contributed by atoms with Gasteiger partial charge in [-0.1, -0.05) is 13.3 Å². The van der Waals surface area contributed by atoms with E-state index in [2.05, 4.69) is 19.1 Å². The van der Waals surface area contributed by atoms with Crippen LogP contribution in [0.1, 0.15) is 35.9 Å².